The van der Waals surface area contributed by atoms with Crippen LogP contribution in [0, 0.1) is 13.8 Å². The van der Waals surface area contributed by atoms with Gasteiger partial charge in [-0.15, -0.1) is 0 Å². The number of rotatable bonds is 4. The number of carbonyl (C=O) groups excluding carboxylic acids is 1. The topological polar surface area (TPSA) is 29.5 Å². The summed E-state index contributed by atoms with van der Waals surface area (Å²) in [5.74, 6) is 0.268. The molecular weight excluding hydrogens is 250 g/mol. The molecule has 1 atom stereocenters. The lowest BCUT2D eigenvalue weighted by atomic mass is 10.0. The van der Waals surface area contributed by atoms with E-state index in [0.29, 0.717) is 19.6 Å². The molecule has 1 saturated heterocycles. The molecule has 1 aromatic carbocycles. The van der Waals surface area contributed by atoms with Crippen LogP contribution < -0.4 is 0 Å². The molecule has 0 saturated carbocycles. The van der Waals surface area contributed by atoms with Crippen LogP contribution in [-0.4, -0.2) is 36.6 Å². The molecule has 20 heavy (non-hydrogen) atoms. The number of aryl methyl sites for hydroxylation is 3. The van der Waals surface area contributed by atoms with Gasteiger partial charge in [0.05, 0.1) is 19.3 Å². The zero-order chi connectivity index (χ0) is 14.5. The molecule has 1 amide bonds. The van der Waals surface area contributed by atoms with Crippen molar-refractivity contribution >= 4 is 5.91 Å². The second kappa shape index (κ2) is 6.89. The molecule has 0 spiro atoms. The van der Waals surface area contributed by atoms with Crippen LogP contribution in [0.5, 0.6) is 0 Å². The Balaban J connectivity index is 1.80. The van der Waals surface area contributed by atoms with Crippen molar-refractivity contribution < 1.29 is 9.53 Å². The highest BCUT2D eigenvalue weighted by Crippen LogP contribution is 2.14. The van der Waals surface area contributed by atoms with Crippen LogP contribution >= 0.6 is 0 Å². The zero-order valence-corrected chi connectivity index (χ0v) is 12.8. The molecule has 0 N–H and O–H groups in total. The summed E-state index contributed by atoms with van der Waals surface area (Å²) in [5, 5.41) is 0. The Hall–Kier alpha value is -1.35. The van der Waals surface area contributed by atoms with Crippen molar-refractivity contribution in [2.75, 3.05) is 19.8 Å². The molecule has 1 aliphatic rings. The number of amides is 1. The first-order valence-corrected chi connectivity index (χ1v) is 7.51. The van der Waals surface area contributed by atoms with Crippen molar-refractivity contribution in [3.63, 3.8) is 0 Å². The van der Waals surface area contributed by atoms with Crippen molar-refractivity contribution in [3.05, 3.63) is 34.9 Å². The van der Waals surface area contributed by atoms with E-state index in [1.165, 1.54) is 16.7 Å². The second-order valence-electron chi connectivity index (χ2n) is 5.78. The van der Waals surface area contributed by atoms with Gasteiger partial charge in [0, 0.05) is 13.0 Å². The van der Waals surface area contributed by atoms with Gasteiger partial charge in [-0.3, -0.25) is 4.79 Å². The minimum atomic E-state index is 0.220. The van der Waals surface area contributed by atoms with Gasteiger partial charge in [-0.2, -0.15) is 0 Å². The van der Waals surface area contributed by atoms with E-state index in [-0.39, 0.29) is 11.9 Å². The van der Waals surface area contributed by atoms with E-state index < -0.39 is 0 Å². The van der Waals surface area contributed by atoms with Crippen molar-refractivity contribution in [3.8, 4) is 0 Å². The van der Waals surface area contributed by atoms with Crippen LogP contribution in [0.3, 0.4) is 0 Å². The first kappa shape index (κ1) is 15.0. The maximum absolute atomic E-state index is 12.2. The van der Waals surface area contributed by atoms with Gasteiger partial charge in [0.25, 0.3) is 0 Å². The normalized spacial score (nSPS) is 19.1. The van der Waals surface area contributed by atoms with Crippen molar-refractivity contribution in [2.24, 2.45) is 0 Å². The Morgan fingerprint density at radius 3 is 2.85 bits per heavy atom. The molecule has 1 unspecified atom stereocenters. The summed E-state index contributed by atoms with van der Waals surface area (Å²) in [6.07, 6.45) is 2.54. The lowest BCUT2D eigenvalue weighted by molar-refractivity contribution is -0.139. The second-order valence-corrected chi connectivity index (χ2v) is 5.78. The first-order valence-electron chi connectivity index (χ1n) is 7.51. The van der Waals surface area contributed by atoms with Crippen molar-refractivity contribution in [2.45, 2.75) is 46.1 Å². The van der Waals surface area contributed by atoms with Gasteiger partial charge in [-0.05, 0) is 50.3 Å². The number of nitrogens with zero attached hydrogens (tertiary/aromatic N) is 1. The Morgan fingerprint density at radius 1 is 1.35 bits per heavy atom. The minimum Gasteiger partial charge on any atom is -0.377 e. The SMILES string of the molecule is Cc1ccc(CCCC(=O)N2CCOCC2C)cc1C. The highest BCUT2D eigenvalue weighted by molar-refractivity contribution is 5.76. The quantitative estimate of drug-likeness (QED) is 0.845. The molecule has 0 aromatic heterocycles. The fourth-order valence-electron chi connectivity index (χ4n) is 2.64. The molecule has 1 fully saturated rings. The monoisotopic (exact) mass is 275 g/mol. The molecule has 1 aliphatic heterocycles. The molecular formula is C17H25NO2. The Kier molecular flexibility index (Phi) is 5.18. The van der Waals surface area contributed by atoms with E-state index in [4.69, 9.17) is 4.74 Å². The average Bonchev–Trinajstić information content (AvgIpc) is 2.43. The Labute approximate surface area is 121 Å². The van der Waals surface area contributed by atoms with E-state index in [9.17, 15) is 4.79 Å². The van der Waals surface area contributed by atoms with Crippen LogP contribution in [0.2, 0.25) is 0 Å². The van der Waals surface area contributed by atoms with E-state index in [1.54, 1.807) is 0 Å². The standard InChI is InChI=1S/C17H25NO2/c1-13-7-8-16(11-14(13)2)5-4-6-17(19)18-9-10-20-12-15(18)3/h7-8,11,15H,4-6,9-10,12H2,1-3H3. The molecule has 110 valence electrons. The number of hydrogen-bond acceptors (Lipinski definition) is 2. The van der Waals surface area contributed by atoms with Gasteiger partial charge >= 0.3 is 0 Å². The molecule has 1 heterocycles. The maximum Gasteiger partial charge on any atom is 0.222 e. The summed E-state index contributed by atoms with van der Waals surface area (Å²) in [6, 6.07) is 6.79. The van der Waals surface area contributed by atoms with E-state index in [2.05, 4.69) is 39.0 Å². The Bertz CT molecular complexity index is 470. The molecule has 0 aliphatic carbocycles. The number of morpholine rings is 1. The summed E-state index contributed by atoms with van der Waals surface area (Å²) in [5.41, 5.74) is 3.98. The highest BCUT2D eigenvalue weighted by atomic mass is 16.5. The summed E-state index contributed by atoms with van der Waals surface area (Å²) in [7, 11) is 0. The van der Waals surface area contributed by atoms with Crippen molar-refractivity contribution in [1.29, 1.82) is 0 Å². The van der Waals surface area contributed by atoms with Crippen LogP contribution in [0.25, 0.3) is 0 Å². The van der Waals surface area contributed by atoms with E-state index in [1.807, 2.05) is 4.90 Å². The van der Waals surface area contributed by atoms with Crippen LogP contribution in [0.15, 0.2) is 18.2 Å². The molecule has 3 heteroatoms. The zero-order valence-electron chi connectivity index (χ0n) is 12.8. The summed E-state index contributed by atoms with van der Waals surface area (Å²) < 4.78 is 5.37. The molecule has 3 nitrogen and oxygen atoms in total. The van der Waals surface area contributed by atoms with Gasteiger partial charge < -0.3 is 9.64 Å². The van der Waals surface area contributed by atoms with Gasteiger partial charge in [0.1, 0.15) is 0 Å². The average molecular weight is 275 g/mol. The highest BCUT2D eigenvalue weighted by Gasteiger charge is 2.22. The van der Waals surface area contributed by atoms with Gasteiger partial charge in [-0.25, -0.2) is 0 Å². The van der Waals surface area contributed by atoms with Crippen LogP contribution in [0.1, 0.15) is 36.5 Å². The molecule has 1 aromatic rings. The third-order valence-corrected chi connectivity index (χ3v) is 4.12. The predicted molar refractivity (Wildman–Crippen MR) is 80.8 cm³/mol. The fraction of sp³-hybridized carbons (Fsp3) is 0.588. The minimum absolute atomic E-state index is 0.220. The smallest absolute Gasteiger partial charge is 0.222 e. The van der Waals surface area contributed by atoms with E-state index in [0.717, 1.165) is 19.4 Å². The molecule has 2 rings (SSSR count). The number of carbonyl (C=O) groups is 1. The number of benzene rings is 1. The summed E-state index contributed by atoms with van der Waals surface area (Å²) in [4.78, 5) is 14.2. The molecule has 0 bridgehead atoms. The maximum atomic E-state index is 12.2. The fourth-order valence-corrected chi connectivity index (χ4v) is 2.64. The Morgan fingerprint density at radius 2 is 2.15 bits per heavy atom. The number of hydrogen-bond donors (Lipinski definition) is 0. The van der Waals surface area contributed by atoms with Crippen LogP contribution in [-0.2, 0) is 16.0 Å². The third kappa shape index (κ3) is 3.83. The van der Waals surface area contributed by atoms with Crippen LogP contribution in [0.4, 0.5) is 0 Å². The number of ether oxygens (including phenoxy) is 1. The molecule has 0 radical (unpaired) electrons. The first-order chi connectivity index (χ1) is 9.58. The van der Waals surface area contributed by atoms with Gasteiger partial charge in [-0.1, -0.05) is 18.2 Å². The van der Waals surface area contributed by atoms with E-state index >= 15 is 0 Å². The predicted octanol–water partition coefficient (Wildman–Crippen LogP) is 2.87. The summed E-state index contributed by atoms with van der Waals surface area (Å²) >= 11 is 0. The van der Waals surface area contributed by atoms with Crippen molar-refractivity contribution in [1.82, 2.24) is 4.90 Å². The lowest BCUT2D eigenvalue weighted by Crippen LogP contribution is -2.47. The van der Waals surface area contributed by atoms with Gasteiger partial charge in [0.15, 0.2) is 0 Å². The lowest BCUT2D eigenvalue weighted by Gasteiger charge is -2.33. The summed E-state index contributed by atoms with van der Waals surface area (Å²) in [6.45, 7) is 8.40. The van der Waals surface area contributed by atoms with Gasteiger partial charge in [0.2, 0.25) is 5.91 Å². The largest absolute Gasteiger partial charge is 0.377 e. The third-order valence-electron chi connectivity index (χ3n) is 4.12.